The molecule has 2 saturated heterocycles. The Morgan fingerprint density at radius 3 is 2.00 bits per heavy atom. The highest BCUT2D eigenvalue weighted by molar-refractivity contribution is 5.90. The molecule has 0 aromatic carbocycles. The Bertz CT molecular complexity index is 795. The van der Waals surface area contributed by atoms with Crippen LogP contribution in [0.3, 0.4) is 0 Å². The first-order valence-corrected chi connectivity index (χ1v) is 12.2. The van der Waals surface area contributed by atoms with Crippen LogP contribution in [0.1, 0.15) is 61.8 Å². The molecule has 2 rings (SSSR count). The molecule has 3 atom stereocenters. The van der Waals surface area contributed by atoms with Crippen LogP contribution in [-0.4, -0.2) is 106 Å². The molecule has 11 heteroatoms. The second kappa shape index (κ2) is 11.0. The fourth-order valence-electron chi connectivity index (χ4n) is 4.26. The minimum atomic E-state index is -1.18. The molecule has 0 aromatic rings. The van der Waals surface area contributed by atoms with E-state index in [1.165, 1.54) is 4.90 Å². The van der Waals surface area contributed by atoms with E-state index in [-0.39, 0.29) is 24.4 Å². The summed E-state index contributed by atoms with van der Waals surface area (Å²) in [6, 6.07) is -2.13. The van der Waals surface area contributed by atoms with Crippen molar-refractivity contribution in [2.45, 2.75) is 91.1 Å². The van der Waals surface area contributed by atoms with Gasteiger partial charge in [0, 0.05) is 38.1 Å². The van der Waals surface area contributed by atoms with E-state index in [9.17, 15) is 24.3 Å². The highest BCUT2D eigenvalue weighted by atomic mass is 16.6. The normalized spacial score (nSPS) is 22.7. The number of piperazine rings is 1. The summed E-state index contributed by atoms with van der Waals surface area (Å²) in [5.41, 5.74) is -0.735. The summed E-state index contributed by atoms with van der Waals surface area (Å²) >= 11 is 0. The van der Waals surface area contributed by atoms with Gasteiger partial charge in [0.1, 0.15) is 23.8 Å². The van der Waals surface area contributed by atoms with Gasteiger partial charge in [0.05, 0.1) is 6.54 Å². The highest BCUT2D eigenvalue weighted by Crippen LogP contribution is 2.25. The summed E-state index contributed by atoms with van der Waals surface area (Å²) in [5.74, 6) is -2.05. The van der Waals surface area contributed by atoms with Crippen molar-refractivity contribution in [2.75, 3.05) is 32.7 Å². The number of amides is 3. The molecule has 0 radical (unpaired) electrons. The van der Waals surface area contributed by atoms with Crippen LogP contribution in [-0.2, 0) is 19.1 Å². The zero-order valence-corrected chi connectivity index (χ0v) is 22.3. The van der Waals surface area contributed by atoms with Gasteiger partial charge in [0.25, 0.3) is 0 Å². The standard InChI is InChI=1S/C24H42N4O7/c1-15(2)18(25-21(32)35-24(6,7)8)19(29)28-14-16(13-17(28)20(30)31)34-22(33)26-9-11-27(12-10-26)23(3,4)5/h15-18H,9-14H2,1-8H3,(H,25,32)(H,30,31)/t16-,17+,18+/m1/s1. The van der Waals surface area contributed by atoms with Gasteiger partial charge in [0.15, 0.2) is 0 Å². The van der Waals surface area contributed by atoms with Gasteiger partial charge in [-0.3, -0.25) is 9.69 Å². The Labute approximate surface area is 208 Å². The Morgan fingerprint density at radius 1 is 0.971 bits per heavy atom. The van der Waals surface area contributed by atoms with Gasteiger partial charge in [-0.2, -0.15) is 0 Å². The van der Waals surface area contributed by atoms with Crippen molar-refractivity contribution in [1.82, 2.24) is 20.0 Å². The molecule has 35 heavy (non-hydrogen) atoms. The van der Waals surface area contributed by atoms with Crippen molar-refractivity contribution in [2.24, 2.45) is 5.92 Å². The largest absolute Gasteiger partial charge is 0.480 e. The lowest BCUT2D eigenvalue weighted by Gasteiger charge is -2.42. The van der Waals surface area contributed by atoms with Crippen LogP contribution >= 0.6 is 0 Å². The Kier molecular flexibility index (Phi) is 9.02. The van der Waals surface area contributed by atoms with Crippen molar-refractivity contribution in [1.29, 1.82) is 0 Å². The number of carbonyl (C=O) groups is 4. The number of carboxylic acid groups (broad SMARTS) is 1. The zero-order chi connectivity index (χ0) is 26.7. The van der Waals surface area contributed by atoms with E-state index in [1.807, 2.05) is 0 Å². The lowest BCUT2D eigenvalue weighted by atomic mass is 10.0. The molecule has 0 aromatic heterocycles. The number of hydrogen-bond donors (Lipinski definition) is 2. The summed E-state index contributed by atoms with van der Waals surface area (Å²) < 4.78 is 10.9. The van der Waals surface area contributed by atoms with E-state index in [4.69, 9.17) is 9.47 Å². The van der Waals surface area contributed by atoms with Gasteiger partial charge in [-0.05, 0) is 47.5 Å². The molecular formula is C24H42N4O7. The fraction of sp³-hybridized carbons (Fsp3) is 0.833. The monoisotopic (exact) mass is 498 g/mol. The van der Waals surface area contributed by atoms with Crippen LogP contribution < -0.4 is 5.32 Å². The summed E-state index contributed by atoms with van der Waals surface area (Å²) in [6.45, 7) is 17.4. The number of rotatable bonds is 5. The third-order valence-corrected chi connectivity index (χ3v) is 6.19. The van der Waals surface area contributed by atoms with E-state index in [0.717, 1.165) is 13.1 Å². The average Bonchev–Trinajstić information content (AvgIpc) is 3.13. The maximum Gasteiger partial charge on any atom is 0.410 e. The SMILES string of the molecule is CC(C)[C@H](NC(=O)OC(C)(C)C)C(=O)N1C[C@H](OC(=O)N2CCN(C(C)(C)C)CC2)C[C@H]1C(=O)O. The Hall–Kier alpha value is -2.56. The number of likely N-dealkylation sites (tertiary alicyclic amines) is 1. The predicted molar refractivity (Wildman–Crippen MR) is 129 cm³/mol. The first-order chi connectivity index (χ1) is 16.0. The number of nitrogens with one attached hydrogen (secondary N) is 1. The van der Waals surface area contributed by atoms with Crippen LogP contribution in [0.5, 0.6) is 0 Å². The third-order valence-electron chi connectivity index (χ3n) is 6.19. The predicted octanol–water partition coefficient (Wildman–Crippen LogP) is 2.14. The van der Waals surface area contributed by atoms with E-state index < -0.39 is 47.9 Å². The molecule has 0 unspecified atom stereocenters. The average molecular weight is 499 g/mol. The van der Waals surface area contributed by atoms with Gasteiger partial charge in [-0.25, -0.2) is 14.4 Å². The van der Waals surface area contributed by atoms with Crippen molar-refractivity contribution in [3.05, 3.63) is 0 Å². The van der Waals surface area contributed by atoms with Crippen molar-refractivity contribution in [3.63, 3.8) is 0 Å². The smallest absolute Gasteiger partial charge is 0.410 e. The van der Waals surface area contributed by atoms with Crippen LogP contribution in [0.2, 0.25) is 0 Å². The topological polar surface area (TPSA) is 129 Å². The number of hydrogen-bond acceptors (Lipinski definition) is 7. The second-order valence-corrected chi connectivity index (χ2v) is 11.6. The first-order valence-electron chi connectivity index (χ1n) is 12.2. The van der Waals surface area contributed by atoms with Crippen molar-refractivity contribution >= 4 is 24.1 Å². The van der Waals surface area contributed by atoms with Crippen molar-refractivity contribution in [3.8, 4) is 0 Å². The first kappa shape index (κ1) is 28.7. The number of nitrogens with zero attached hydrogens (tertiary/aromatic N) is 3. The minimum Gasteiger partial charge on any atom is -0.480 e. The van der Waals surface area contributed by atoms with E-state index in [2.05, 4.69) is 31.0 Å². The summed E-state index contributed by atoms with van der Waals surface area (Å²) in [6.07, 6.45) is -2.02. The van der Waals surface area contributed by atoms with Gasteiger partial charge >= 0.3 is 18.2 Å². The summed E-state index contributed by atoms with van der Waals surface area (Å²) in [4.78, 5) is 55.3. The van der Waals surface area contributed by atoms with E-state index >= 15 is 0 Å². The van der Waals surface area contributed by atoms with Gasteiger partial charge < -0.3 is 29.7 Å². The number of carboxylic acids is 1. The van der Waals surface area contributed by atoms with Crippen LogP contribution in [0.4, 0.5) is 9.59 Å². The quantitative estimate of drug-likeness (QED) is 0.590. The van der Waals surface area contributed by atoms with E-state index in [0.29, 0.717) is 13.1 Å². The molecule has 11 nitrogen and oxygen atoms in total. The van der Waals surface area contributed by atoms with Gasteiger partial charge in [-0.15, -0.1) is 0 Å². The molecule has 0 spiro atoms. The fourth-order valence-corrected chi connectivity index (χ4v) is 4.26. The molecule has 2 fully saturated rings. The Morgan fingerprint density at radius 2 is 1.54 bits per heavy atom. The van der Waals surface area contributed by atoms with Crippen LogP contribution in [0.15, 0.2) is 0 Å². The molecule has 2 aliphatic rings. The van der Waals surface area contributed by atoms with E-state index in [1.54, 1.807) is 39.5 Å². The van der Waals surface area contributed by atoms with Crippen molar-refractivity contribution < 1.29 is 33.8 Å². The van der Waals surface area contributed by atoms with Gasteiger partial charge in [0.2, 0.25) is 5.91 Å². The van der Waals surface area contributed by atoms with Crippen LogP contribution in [0.25, 0.3) is 0 Å². The lowest BCUT2D eigenvalue weighted by Crippen LogP contribution is -2.55. The molecule has 3 amide bonds. The third kappa shape index (κ3) is 7.98. The summed E-state index contributed by atoms with van der Waals surface area (Å²) in [5, 5.41) is 12.3. The molecule has 2 N–H and O–H groups in total. The molecule has 2 heterocycles. The maximum atomic E-state index is 13.3. The molecule has 0 saturated carbocycles. The lowest BCUT2D eigenvalue weighted by molar-refractivity contribution is -0.149. The Balaban J connectivity index is 2.04. The molecule has 0 bridgehead atoms. The second-order valence-electron chi connectivity index (χ2n) is 11.6. The molecular weight excluding hydrogens is 456 g/mol. The molecule has 200 valence electrons. The maximum absolute atomic E-state index is 13.3. The number of carbonyl (C=O) groups excluding carboxylic acids is 3. The molecule has 2 aliphatic heterocycles. The number of ether oxygens (including phenoxy) is 2. The minimum absolute atomic E-state index is 0.00791. The van der Waals surface area contributed by atoms with Crippen LogP contribution in [0, 0.1) is 5.92 Å². The number of aliphatic carboxylic acids is 1. The zero-order valence-electron chi connectivity index (χ0n) is 22.3. The molecule has 0 aliphatic carbocycles. The number of alkyl carbamates (subject to hydrolysis) is 1. The summed E-state index contributed by atoms with van der Waals surface area (Å²) in [7, 11) is 0. The highest BCUT2D eigenvalue weighted by Gasteiger charge is 2.45. The van der Waals surface area contributed by atoms with Gasteiger partial charge in [-0.1, -0.05) is 13.8 Å².